The molecule has 1 heterocycles. The zero-order valence-electron chi connectivity index (χ0n) is 14.6. The van der Waals surface area contributed by atoms with Crippen molar-refractivity contribution in [2.24, 2.45) is 12.0 Å². The number of aromatic nitrogens is 2. The molecule has 0 aliphatic rings. The van der Waals surface area contributed by atoms with E-state index in [9.17, 15) is 0 Å². The summed E-state index contributed by atoms with van der Waals surface area (Å²) in [7, 11) is 1.91. The Kier molecular flexibility index (Phi) is 9.60. The molecular formula is C17H24Cl2IN5. The first-order valence-electron chi connectivity index (χ1n) is 7.95. The SMILES string of the molecule is CCNC(=NCc1ccnn1C)NCC(C)c1c(Cl)cccc1Cl.I. The molecule has 0 bridgehead atoms. The van der Waals surface area contributed by atoms with Crippen LogP contribution >= 0.6 is 47.2 Å². The summed E-state index contributed by atoms with van der Waals surface area (Å²) in [4.78, 5) is 4.59. The van der Waals surface area contributed by atoms with Crippen molar-refractivity contribution in [3.8, 4) is 0 Å². The molecule has 1 aromatic carbocycles. The van der Waals surface area contributed by atoms with Crippen molar-refractivity contribution in [1.82, 2.24) is 20.4 Å². The quantitative estimate of drug-likeness (QED) is 0.358. The van der Waals surface area contributed by atoms with Gasteiger partial charge in [-0.3, -0.25) is 4.68 Å². The maximum absolute atomic E-state index is 6.28. The summed E-state index contributed by atoms with van der Waals surface area (Å²) in [5, 5.41) is 12.1. The minimum absolute atomic E-state index is 0. The van der Waals surface area contributed by atoms with Crippen LogP contribution < -0.4 is 10.6 Å². The van der Waals surface area contributed by atoms with E-state index in [1.807, 2.05) is 42.9 Å². The molecule has 1 atom stereocenters. The number of hydrogen-bond acceptors (Lipinski definition) is 2. The van der Waals surface area contributed by atoms with Crippen molar-refractivity contribution in [1.29, 1.82) is 0 Å². The number of nitrogens with one attached hydrogen (secondary N) is 2. The third-order valence-corrected chi connectivity index (χ3v) is 4.39. The lowest BCUT2D eigenvalue weighted by molar-refractivity contribution is 0.688. The van der Waals surface area contributed by atoms with Crippen LogP contribution in [0.1, 0.15) is 31.0 Å². The summed E-state index contributed by atoms with van der Waals surface area (Å²) >= 11 is 12.6. The van der Waals surface area contributed by atoms with Gasteiger partial charge in [-0.25, -0.2) is 4.99 Å². The number of hydrogen-bond donors (Lipinski definition) is 2. The molecule has 1 unspecified atom stereocenters. The van der Waals surface area contributed by atoms with Crippen LogP contribution in [0, 0.1) is 0 Å². The molecule has 2 aromatic rings. The molecule has 2 rings (SSSR count). The topological polar surface area (TPSA) is 54.2 Å². The number of guanidine groups is 1. The molecule has 0 radical (unpaired) electrons. The summed E-state index contributed by atoms with van der Waals surface area (Å²) in [6.45, 7) is 6.16. The molecule has 2 N–H and O–H groups in total. The number of rotatable bonds is 6. The van der Waals surface area contributed by atoms with Crippen LogP contribution in [-0.4, -0.2) is 28.8 Å². The highest BCUT2D eigenvalue weighted by atomic mass is 127. The molecule has 8 heteroatoms. The van der Waals surface area contributed by atoms with Crippen LogP contribution in [0.4, 0.5) is 0 Å². The van der Waals surface area contributed by atoms with Gasteiger partial charge in [-0.15, -0.1) is 24.0 Å². The summed E-state index contributed by atoms with van der Waals surface area (Å²) in [6.07, 6.45) is 1.77. The molecule has 25 heavy (non-hydrogen) atoms. The predicted molar refractivity (Wildman–Crippen MR) is 116 cm³/mol. The molecule has 0 spiro atoms. The van der Waals surface area contributed by atoms with Crippen LogP contribution in [0.3, 0.4) is 0 Å². The standard InChI is InChI=1S/C17H23Cl2N5.HI/c1-4-20-17(22-11-13-8-9-23-24(13)3)21-10-12(2)16-14(18)6-5-7-15(16)19;/h5-9,12H,4,10-11H2,1-3H3,(H2,20,21,22);1H. The molecule has 0 saturated heterocycles. The summed E-state index contributed by atoms with van der Waals surface area (Å²) in [5.41, 5.74) is 2.00. The van der Waals surface area contributed by atoms with E-state index in [2.05, 4.69) is 27.6 Å². The van der Waals surface area contributed by atoms with Gasteiger partial charge in [-0.1, -0.05) is 36.2 Å². The Balaban J connectivity index is 0.00000312. The molecule has 0 aliphatic carbocycles. The number of aliphatic imine (C=N–C) groups is 1. The zero-order valence-corrected chi connectivity index (χ0v) is 18.4. The number of benzene rings is 1. The molecule has 5 nitrogen and oxygen atoms in total. The largest absolute Gasteiger partial charge is 0.357 e. The maximum Gasteiger partial charge on any atom is 0.191 e. The van der Waals surface area contributed by atoms with Crippen molar-refractivity contribution in [3.63, 3.8) is 0 Å². The fraction of sp³-hybridized carbons (Fsp3) is 0.412. The van der Waals surface area contributed by atoms with Crippen LogP contribution in [0.25, 0.3) is 0 Å². The van der Waals surface area contributed by atoms with Crippen molar-refractivity contribution >= 4 is 53.1 Å². The highest BCUT2D eigenvalue weighted by molar-refractivity contribution is 14.0. The molecule has 1 aromatic heterocycles. The monoisotopic (exact) mass is 495 g/mol. The summed E-state index contributed by atoms with van der Waals surface area (Å²) in [6, 6.07) is 7.54. The molecule has 138 valence electrons. The molecule has 0 amide bonds. The van der Waals surface area contributed by atoms with Gasteiger partial charge < -0.3 is 10.6 Å². The fourth-order valence-corrected chi connectivity index (χ4v) is 3.16. The summed E-state index contributed by atoms with van der Waals surface area (Å²) in [5.74, 6) is 0.917. The molecule has 0 aliphatic heterocycles. The Bertz CT molecular complexity index is 682. The Morgan fingerprint density at radius 3 is 2.48 bits per heavy atom. The van der Waals surface area contributed by atoms with Crippen LogP contribution in [0.15, 0.2) is 35.5 Å². The van der Waals surface area contributed by atoms with E-state index < -0.39 is 0 Å². The van der Waals surface area contributed by atoms with E-state index in [4.69, 9.17) is 23.2 Å². The highest BCUT2D eigenvalue weighted by Gasteiger charge is 2.14. The van der Waals surface area contributed by atoms with Crippen molar-refractivity contribution in [2.75, 3.05) is 13.1 Å². The second kappa shape index (κ2) is 10.9. The second-order valence-electron chi connectivity index (χ2n) is 5.56. The van der Waals surface area contributed by atoms with Gasteiger partial charge in [-0.05, 0) is 30.7 Å². The van der Waals surface area contributed by atoms with E-state index in [-0.39, 0.29) is 29.9 Å². The maximum atomic E-state index is 6.28. The van der Waals surface area contributed by atoms with Crippen LogP contribution in [-0.2, 0) is 13.6 Å². The third kappa shape index (κ3) is 6.34. The van der Waals surface area contributed by atoms with Gasteiger partial charge in [0.15, 0.2) is 5.96 Å². The first-order valence-corrected chi connectivity index (χ1v) is 8.71. The minimum Gasteiger partial charge on any atom is -0.357 e. The van der Waals surface area contributed by atoms with Gasteiger partial charge in [0.25, 0.3) is 0 Å². The van der Waals surface area contributed by atoms with Gasteiger partial charge in [-0.2, -0.15) is 5.10 Å². The second-order valence-corrected chi connectivity index (χ2v) is 6.37. The zero-order chi connectivity index (χ0) is 17.5. The lowest BCUT2D eigenvalue weighted by Gasteiger charge is -2.18. The first kappa shape index (κ1) is 22.1. The molecule has 0 saturated carbocycles. The van der Waals surface area contributed by atoms with E-state index in [0.29, 0.717) is 23.1 Å². The van der Waals surface area contributed by atoms with E-state index in [1.165, 1.54) is 0 Å². The van der Waals surface area contributed by atoms with Gasteiger partial charge in [0.05, 0.1) is 12.2 Å². The average molecular weight is 496 g/mol. The van der Waals surface area contributed by atoms with Gasteiger partial charge >= 0.3 is 0 Å². The Morgan fingerprint density at radius 2 is 1.92 bits per heavy atom. The molecule has 0 fully saturated rings. The highest BCUT2D eigenvalue weighted by Crippen LogP contribution is 2.30. The Hall–Kier alpha value is -0.990. The van der Waals surface area contributed by atoms with E-state index in [1.54, 1.807) is 6.20 Å². The normalized spacial score (nSPS) is 12.4. The fourth-order valence-electron chi connectivity index (χ4n) is 2.39. The van der Waals surface area contributed by atoms with Gasteiger partial charge in [0, 0.05) is 42.3 Å². The number of halogens is 3. The number of nitrogens with zero attached hydrogens (tertiary/aromatic N) is 3. The molecular weight excluding hydrogens is 472 g/mol. The average Bonchev–Trinajstić information content (AvgIpc) is 2.95. The minimum atomic E-state index is 0. The Morgan fingerprint density at radius 1 is 1.24 bits per heavy atom. The van der Waals surface area contributed by atoms with Crippen LogP contribution in [0.2, 0.25) is 10.0 Å². The lowest BCUT2D eigenvalue weighted by atomic mass is 10.0. The van der Waals surface area contributed by atoms with Crippen molar-refractivity contribution < 1.29 is 0 Å². The van der Waals surface area contributed by atoms with Gasteiger partial charge in [0.2, 0.25) is 0 Å². The van der Waals surface area contributed by atoms with E-state index in [0.717, 1.165) is 23.8 Å². The van der Waals surface area contributed by atoms with Gasteiger partial charge in [0.1, 0.15) is 0 Å². The van der Waals surface area contributed by atoms with Crippen molar-refractivity contribution in [3.05, 3.63) is 51.8 Å². The first-order chi connectivity index (χ1) is 11.5. The third-order valence-electron chi connectivity index (χ3n) is 3.73. The predicted octanol–water partition coefficient (Wildman–Crippen LogP) is 4.20. The van der Waals surface area contributed by atoms with E-state index >= 15 is 0 Å². The van der Waals surface area contributed by atoms with Crippen LogP contribution in [0.5, 0.6) is 0 Å². The number of aryl methyl sites for hydroxylation is 1. The smallest absolute Gasteiger partial charge is 0.191 e. The summed E-state index contributed by atoms with van der Waals surface area (Å²) < 4.78 is 1.82. The van der Waals surface area contributed by atoms with Crippen molar-refractivity contribution in [2.45, 2.75) is 26.3 Å². The lowest BCUT2D eigenvalue weighted by Crippen LogP contribution is -2.39. The Labute approximate surface area is 176 Å².